The van der Waals surface area contributed by atoms with Gasteiger partial charge in [0.1, 0.15) is 0 Å². The Bertz CT molecular complexity index is 770. The van der Waals surface area contributed by atoms with Crippen molar-refractivity contribution >= 4 is 17.7 Å². The third-order valence-electron chi connectivity index (χ3n) is 4.82. The van der Waals surface area contributed by atoms with Crippen LogP contribution in [0.1, 0.15) is 12.0 Å². The fourth-order valence-corrected chi connectivity index (χ4v) is 3.47. The highest BCUT2D eigenvalue weighted by Gasteiger charge is 2.55. The van der Waals surface area contributed by atoms with Crippen molar-refractivity contribution in [3.8, 4) is 0 Å². The Hall–Kier alpha value is -2.82. The molecule has 0 atom stereocenters. The molecule has 0 N–H and O–H groups in total. The van der Waals surface area contributed by atoms with Gasteiger partial charge >= 0.3 is 6.09 Å². The first kappa shape index (κ1) is 15.7. The van der Waals surface area contributed by atoms with E-state index in [1.54, 1.807) is 9.80 Å². The predicted octanol–water partition coefficient (Wildman–Crippen LogP) is 2.86. The van der Waals surface area contributed by atoms with Crippen LogP contribution in [0.15, 0.2) is 60.7 Å². The summed E-state index contributed by atoms with van der Waals surface area (Å²) in [7, 11) is 0. The maximum atomic E-state index is 12.3. The van der Waals surface area contributed by atoms with E-state index in [4.69, 9.17) is 4.74 Å². The molecule has 2 aromatic carbocycles. The molecule has 0 unspecified atom stereocenters. The molecule has 2 aliphatic heterocycles. The zero-order valence-electron chi connectivity index (χ0n) is 13.9. The number of para-hydroxylation sites is 1. The minimum Gasteiger partial charge on any atom is -0.437 e. The summed E-state index contributed by atoms with van der Waals surface area (Å²) in [5.74, 6) is 0.115. The highest BCUT2D eigenvalue weighted by Crippen LogP contribution is 2.35. The first-order valence-corrected chi connectivity index (χ1v) is 8.53. The lowest BCUT2D eigenvalue weighted by Gasteiger charge is -2.45. The lowest BCUT2D eigenvalue weighted by molar-refractivity contribution is -0.149. The monoisotopic (exact) mass is 336 g/mol. The number of nitrogens with zero attached hydrogens (tertiary/aromatic N) is 2. The Labute approximate surface area is 146 Å². The van der Waals surface area contributed by atoms with Crippen molar-refractivity contribution in [2.45, 2.75) is 18.4 Å². The highest BCUT2D eigenvalue weighted by atomic mass is 16.6. The van der Waals surface area contributed by atoms with E-state index in [9.17, 15) is 9.59 Å². The number of ether oxygens (including phenoxy) is 1. The third kappa shape index (κ3) is 3.09. The molecule has 2 aliphatic rings. The molecule has 1 spiro atoms. The Morgan fingerprint density at radius 3 is 2.28 bits per heavy atom. The van der Waals surface area contributed by atoms with Crippen molar-refractivity contribution in [2.24, 2.45) is 0 Å². The molecule has 4 rings (SSSR count). The average Bonchev–Trinajstić information content (AvgIpc) is 2.98. The van der Waals surface area contributed by atoms with Crippen molar-refractivity contribution in [3.05, 3.63) is 66.2 Å². The number of aryl methyl sites for hydroxylation is 1. The van der Waals surface area contributed by atoms with E-state index in [0.717, 1.165) is 17.7 Å². The Morgan fingerprint density at radius 1 is 0.960 bits per heavy atom. The van der Waals surface area contributed by atoms with E-state index in [1.807, 2.05) is 60.7 Å². The molecule has 25 heavy (non-hydrogen) atoms. The van der Waals surface area contributed by atoms with Gasteiger partial charge in [-0.05, 0) is 24.1 Å². The molecule has 128 valence electrons. The summed E-state index contributed by atoms with van der Waals surface area (Å²) in [4.78, 5) is 27.9. The normalized spacial score (nSPS) is 18.2. The minimum atomic E-state index is -0.546. The van der Waals surface area contributed by atoms with Gasteiger partial charge < -0.3 is 9.64 Å². The average molecular weight is 336 g/mol. The largest absolute Gasteiger partial charge is 0.437 e. The summed E-state index contributed by atoms with van der Waals surface area (Å²) in [5, 5.41) is 0. The van der Waals surface area contributed by atoms with Gasteiger partial charge in [0.15, 0.2) is 5.60 Å². The topological polar surface area (TPSA) is 49.9 Å². The Kier molecular flexibility index (Phi) is 3.92. The number of hydrogen-bond acceptors (Lipinski definition) is 3. The van der Waals surface area contributed by atoms with E-state index in [2.05, 4.69) is 0 Å². The van der Waals surface area contributed by atoms with Crippen molar-refractivity contribution in [1.29, 1.82) is 0 Å². The molecule has 2 heterocycles. The van der Waals surface area contributed by atoms with Crippen LogP contribution in [-0.4, -0.2) is 42.1 Å². The SMILES string of the molecule is O=C(CCc1ccccc1)N1CC2(C1)CN(c1ccccc1)C(=O)O2. The van der Waals surface area contributed by atoms with Gasteiger partial charge in [-0.25, -0.2) is 4.79 Å². The number of rotatable bonds is 4. The number of anilines is 1. The smallest absolute Gasteiger partial charge is 0.415 e. The first-order valence-electron chi connectivity index (χ1n) is 8.53. The second-order valence-electron chi connectivity index (χ2n) is 6.71. The first-order chi connectivity index (χ1) is 12.2. The fraction of sp³-hybridized carbons (Fsp3) is 0.300. The number of amides is 2. The standard InChI is InChI=1S/C20H20N2O3/c23-18(12-11-16-7-3-1-4-8-16)21-13-20(14-21)15-22(19(24)25-20)17-9-5-2-6-10-17/h1-10H,11-15H2. The molecule has 0 saturated carbocycles. The maximum absolute atomic E-state index is 12.3. The summed E-state index contributed by atoms with van der Waals surface area (Å²) < 4.78 is 5.59. The van der Waals surface area contributed by atoms with Gasteiger partial charge in [0, 0.05) is 12.1 Å². The quantitative estimate of drug-likeness (QED) is 0.863. The van der Waals surface area contributed by atoms with Gasteiger partial charge in [0.05, 0.1) is 19.6 Å². The zero-order valence-corrected chi connectivity index (χ0v) is 13.9. The van der Waals surface area contributed by atoms with Crippen LogP contribution in [0.5, 0.6) is 0 Å². The van der Waals surface area contributed by atoms with Crippen molar-refractivity contribution in [1.82, 2.24) is 4.90 Å². The van der Waals surface area contributed by atoms with Crippen LogP contribution >= 0.6 is 0 Å². The zero-order chi connectivity index (χ0) is 17.3. The van der Waals surface area contributed by atoms with Crippen molar-refractivity contribution < 1.29 is 14.3 Å². The molecule has 5 nitrogen and oxygen atoms in total. The molecule has 0 radical (unpaired) electrons. The molecule has 0 aromatic heterocycles. The van der Waals surface area contributed by atoms with Crippen molar-refractivity contribution in [3.63, 3.8) is 0 Å². The van der Waals surface area contributed by atoms with Crippen LogP contribution in [0.25, 0.3) is 0 Å². The third-order valence-corrected chi connectivity index (χ3v) is 4.82. The Balaban J connectivity index is 1.32. The lowest BCUT2D eigenvalue weighted by atomic mass is 9.93. The second kappa shape index (κ2) is 6.24. The van der Waals surface area contributed by atoms with Crippen LogP contribution in [0.3, 0.4) is 0 Å². The molecule has 2 amide bonds. The maximum Gasteiger partial charge on any atom is 0.415 e. The number of likely N-dealkylation sites (tertiary alicyclic amines) is 1. The highest BCUT2D eigenvalue weighted by molar-refractivity contribution is 5.91. The summed E-state index contributed by atoms with van der Waals surface area (Å²) in [6.45, 7) is 1.46. The summed E-state index contributed by atoms with van der Waals surface area (Å²) in [6, 6.07) is 19.5. The van der Waals surface area contributed by atoms with Crippen LogP contribution < -0.4 is 4.90 Å². The van der Waals surface area contributed by atoms with Gasteiger partial charge in [-0.1, -0.05) is 48.5 Å². The number of carbonyl (C=O) groups excluding carboxylic acids is 2. The molecule has 2 aromatic rings. The molecule has 0 bridgehead atoms. The minimum absolute atomic E-state index is 0.115. The molecule has 2 fully saturated rings. The van der Waals surface area contributed by atoms with Crippen LogP contribution in [0.4, 0.5) is 10.5 Å². The second-order valence-corrected chi connectivity index (χ2v) is 6.71. The summed E-state index contributed by atoms with van der Waals surface area (Å²) >= 11 is 0. The van der Waals surface area contributed by atoms with Crippen LogP contribution in [0, 0.1) is 0 Å². The molecule has 0 aliphatic carbocycles. The number of benzene rings is 2. The van der Waals surface area contributed by atoms with E-state index in [1.165, 1.54) is 0 Å². The van der Waals surface area contributed by atoms with E-state index < -0.39 is 5.60 Å². The number of carbonyl (C=O) groups is 2. The van der Waals surface area contributed by atoms with Gasteiger partial charge in [-0.3, -0.25) is 9.69 Å². The predicted molar refractivity (Wildman–Crippen MR) is 94.3 cm³/mol. The molecule has 5 heteroatoms. The van der Waals surface area contributed by atoms with E-state index in [-0.39, 0.29) is 12.0 Å². The summed E-state index contributed by atoms with van der Waals surface area (Å²) in [6.07, 6.45) is 0.887. The van der Waals surface area contributed by atoms with Gasteiger partial charge in [0.2, 0.25) is 5.91 Å². The lowest BCUT2D eigenvalue weighted by Crippen LogP contribution is -2.65. The van der Waals surface area contributed by atoms with Gasteiger partial charge in [-0.15, -0.1) is 0 Å². The van der Waals surface area contributed by atoms with E-state index >= 15 is 0 Å². The summed E-state index contributed by atoms with van der Waals surface area (Å²) in [5.41, 5.74) is 1.45. The van der Waals surface area contributed by atoms with Gasteiger partial charge in [0.25, 0.3) is 0 Å². The van der Waals surface area contributed by atoms with Crippen molar-refractivity contribution in [2.75, 3.05) is 24.5 Å². The molecular formula is C20H20N2O3. The van der Waals surface area contributed by atoms with Gasteiger partial charge in [-0.2, -0.15) is 0 Å². The number of hydrogen-bond donors (Lipinski definition) is 0. The van der Waals surface area contributed by atoms with E-state index in [0.29, 0.717) is 26.1 Å². The fourth-order valence-electron chi connectivity index (χ4n) is 3.47. The Morgan fingerprint density at radius 2 is 1.60 bits per heavy atom. The van der Waals surface area contributed by atoms with Crippen LogP contribution in [-0.2, 0) is 16.0 Å². The van der Waals surface area contributed by atoms with Crippen LogP contribution in [0.2, 0.25) is 0 Å². The molecular weight excluding hydrogens is 316 g/mol. The molecule has 2 saturated heterocycles.